The lowest BCUT2D eigenvalue weighted by molar-refractivity contribution is -0.374. The largest absolute Gasteiger partial charge is 0.394 e. The Morgan fingerprint density at radius 2 is 1.08 bits per heavy atom. The summed E-state index contributed by atoms with van der Waals surface area (Å²) in [6.45, 7) is 9.12. The molecule has 4 aliphatic heterocycles. The topological polar surface area (TPSA) is 337 Å². The summed E-state index contributed by atoms with van der Waals surface area (Å²) in [4.78, 5) is 0. The lowest BCUT2D eigenvalue weighted by atomic mass is 9.47. The van der Waals surface area contributed by atoms with Crippen molar-refractivity contribution in [1.82, 2.24) is 0 Å². The number of ether oxygens (including phenoxy) is 8. The van der Waals surface area contributed by atoms with Gasteiger partial charge in [-0.2, -0.15) is 0 Å². The van der Waals surface area contributed by atoms with Gasteiger partial charge in [-0.1, -0.05) is 65.5 Å². The number of rotatable bonds is 17. The molecule has 0 aromatic heterocycles. The summed E-state index contributed by atoms with van der Waals surface area (Å²) in [5.41, 5.74) is 1.78. The van der Waals surface area contributed by atoms with Crippen LogP contribution in [0.2, 0.25) is 0 Å². The zero-order chi connectivity index (χ0) is 52.1. The van der Waals surface area contributed by atoms with Crippen LogP contribution in [0.3, 0.4) is 0 Å². The third-order valence-corrected chi connectivity index (χ3v) is 18.8. The average Bonchev–Trinajstić information content (AvgIpc) is 3.72. The second kappa shape index (κ2) is 23.5. The highest BCUT2D eigenvalue weighted by Gasteiger charge is 2.60. The summed E-state index contributed by atoms with van der Waals surface area (Å²) in [7, 11) is 0. The minimum atomic E-state index is -1.93. The van der Waals surface area contributed by atoms with Crippen molar-refractivity contribution in [3.63, 3.8) is 0 Å². The second-order valence-electron chi connectivity index (χ2n) is 23.5. The molecule has 3 saturated carbocycles. The summed E-state index contributed by atoms with van der Waals surface area (Å²) >= 11 is 0. The van der Waals surface area contributed by atoms with Crippen molar-refractivity contribution in [2.45, 2.75) is 234 Å². The van der Waals surface area contributed by atoms with Crippen LogP contribution in [0.5, 0.6) is 0 Å². The van der Waals surface area contributed by atoms with Crippen LogP contribution in [-0.2, 0) is 37.9 Å². The Labute approximate surface area is 421 Å². The molecule has 72 heavy (non-hydrogen) atoms. The zero-order valence-corrected chi connectivity index (χ0v) is 42.4. The molecule has 8 aliphatic rings. The summed E-state index contributed by atoms with van der Waals surface area (Å²) in [5.74, 6) is 4.22. The maximum atomic E-state index is 11.5. The van der Waals surface area contributed by atoms with Gasteiger partial charge in [0.15, 0.2) is 25.2 Å². The Kier molecular flexibility index (Phi) is 18.6. The molecule has 21 heteroatoms. The zero-order valence-electron chi connectivity index (χ0n) is 42.4. The third-order valence-electron chi connectivity index (χ3n) is 18.8. The molecule has 4 heterocycles. The number of aliphatic hydroxyl groups is 13. The van der Waals surface area contributed by atoms with Crippen molar-refractivity contribution < 1.29 is 104 Å². The van der Waals surface area contributed by atoms with E-state index in [1.807, 2.05) is 0 Å². The van der Waals surface area contributed by atoms with Crippen LogP contribution in [0, 0.1) is 46.3 Å². The maximum Gasteiger partial charge on any atom is 0.187 e. The van der Waals surface area contributed by atoms with Crippen molar-refractivity contribution in [1.29, 1.82) is 0 Å². The van der Waals surface area contributed by atoms with E-state index in [-0.39, 0.29) is 11.5 Å². The highest BCUT2D eigenvalue weighted by Crippen LogP contribution is 2.67. The summed E-state index contributed by atoms with van der Waals surface area (Å²) in [6, 6.07) is 0. The Morgan fingerprint density at radius 3 is 1.68 bits per heavy atom. The lowest BCUT2D eigenvalue weighted by Gasteiger charge is -2.58. The molecule has 7 fully saturated rings. The Morgan fingerprint density at radius 1 is 0.556 bits per heavy atom. The molecule has 0 aromatic carbocycles. The fraction of sp³-hybridized carbons (Fsp3) is 0.961. The Hall–Kier alpha value is -1.10. The first-order valence-electron chi connectivity index (χ1n) is 26.7. The molecule has 0 spiro atoms. The quantitative estimate of drug-likeness (QED) is 0.0752. The molecular weight excluding hydrogens is 949 g/mol. The van der Waals surface area contributed by atoms with E-state index < -0.39 is 149 Å². The van der Waals surface area contributed by atoms with Gasteiger partial charge in [0.1, 0.15) is 97.7 Å². The van der Waals surface area contributed by atoms with Crippen molar-refractivity contribution >= 4 is 0 Å². The summed E-state index contributed by atoms with van der Waals surface area (Å²) in [5, 5.41) is 139. The molecular formula is C51H86O21. The van der Waals surface area contributed by atoms with Crippen LogP contribution in [-0.4, -0.2) is 222 Å². The second-order valence-corrected chi connectivity index (χ2v) is 23.5. The van der Waals surface area contributed by atoms with Gasteiger partial charge in [0.2, 0.25) is 0 Å². The summed E-state index contributed by atoms with van der Waals surface area (Å²) in [6.07, 6.45) is -19.3. The first kappa shape index (κ1) is 57.1. The van der Waals surface area contributed by atoms with E-state index in [2.05, 4.69) is 40.7 Å². The monoisotopic (exact) mass is 1030 g/mol. The predicted molar refractivity (Wildman–Crippen MR) is 250 cm³/mol. The van der Waals surface area contributed by atoms with Gasteiger partial charge in [-0.25, -0.2) is 0 Å². The SMILES string of the molecule is CC(C)CCC[C@@H](C)[C@H]1CC[C@H]2[C@@H]3CC=C4C[C@@H](O[C@@H]5OC(CO)[C@@H](O[C@H]6OC(CO[C@@H]7OC(CO)[C@@H](O[C@H]8OC(CO)[C@@H](O)C(O)C8O)C(O)C7O)[C@@H](O)C(O)C6O)C(O)C5O)CC[C@]4(C)[C@H]3CC[C@]12C. The van der Waals surface area contributed by atoms with E-state index in [1.165, 1.54) is 50.5 Å². The van der Waals surface area contributed by atoms with Crippen molar-refractivity contribution in [2.75, 3.05) is 26.4 Å². The van der Waals surface area contributed by atoms with E-state index in [0.29, 0.717) is 30.1 Å². The number of hydrogen-bond donors (Lipinski definition) is 13. The number of hydrogen-bond acceptors (Lipinski definition) is 21. The molecule has 13 N–H and O–H groups in total. The molecule has 0 amide bonds. The van der Waals surface area contributed by atoms with Gasteiger partial charge < -0.3 is 104 Å². The van der Waals surface area contributed by atoms with E-state index >= 15 is 0 Å². The fourth-order valence-corrected chi connectivity index (χ4v) is 14.5. The molecule has 28 atom stereocenters. The van der Waals surface area contributed by atoms with E-state index in [0.717, 1.165) is 36.5 Å². The minimum Gasteiger partial charge on any atom is -0.394 e. The summed E-state index contributed by atoms with van der Waals surface area (Å²) < 4.78 is 46.4. The molecule has 416 valence electrons. The Balaban J connectivity index is 0.848. The molecule has 8 rings (SSSR count). The van der Waals surface area contributed by atoms with Crippen LogP contribution < -0.4 is 0 Å². The maximum absolute atomic E-state index is 11.5. The predicted octanol–water partition coefficient (Wildman–Crippen LogP) is -1.31. The van der Waals surface area contributed by atoms with Gasteiger partial charge in [0.25, 0.3) is 0 Å². The van der Waals surface area contributed by atoms with Crippen LogP contribution in [0.15, 0.2) is 11.6 Å². The van der Waals surface area contributed by atoms with E-state index in [4.69, 9.17) is 37.9 Å². The van der Waals surface area contributed by atoms with Crippen LogP contribution in [0.1, 0.15) is 105 Å². The highest BCUT2D eigenvalue weighted by atomic mass is 16.8. The number of fused-ring (bicyclic) bond motifs is 5. The van der Waals surface area contributed by atoms with Crippen molar-refractivity contribution in [3.8, 4) is 0 Å². The molecule has 21 nitrogen and oxygen atoms in total. The van der Waals surface area contributed by atoms with Gasteiger partial charge in [-0.05, 0) is 97.7 Å². The van der Waals surface area contributed by atoms with Crippen LogP contribution in [0.25, 0.3) is 0 Å². The average molecular weight is 1040 g/mol. The standard InChI is InChI=1S/C51H86O21/c1-22(2)7-6-8-23(3)27-11-12-28-26-10-9-24-17-25(13-15-50(24,4)29(26)14-16-51(27,28)5)66-47-43(64)39(60)45(32(20-54)69-47)72-49-41(62)37(58)35(56)33(70-49)21-65-46-42(63)38(59)44(31(19-53)68-46)71-48-40(61)36(57)34(55)30(18-52)67-48/h9,22-23,25-49,52-64H,6-8,10-21H2,1-5H3/t23-,25+,26+,27-,28+,29+,30?,31?,32?,33?,34-,35-,36?,37?,38?,39?,40?,41?,42?,43?,44-,45-,46-,47-,48-,49-,50+,51-/m1/s1. The van der Waals surface area contributed by atoms with Crippen molar-refractivity contribution in [2.24, 2.45) is 46.3 Å². The lowest BCUT2D eigenvalue weighted by Crippen LogP contribution is -2.66. The van der Waals surface area contributed by atoms with Crippen LogP contribution in [0.4, 0.5) is 0 Å². The fourth-order valence-electron chi connectivity index (χ4n) is 14.5. The van der Waals surface area contributed by atoms with Gasteiger partial charge in [0.05, 0.1) is 32.5 Å². The molecule has 4 aliphatic carbocycles. The van der Waals surface area contributed by atoms with Crippen LogP contribution >= 0.6 is 0 Å². The third kappa shape index (κ3) is 11.0. The van der Waals surface area contributed by atoms with Gasteiger partial charge in [0, 0.05) is 0 Å². The molecule has 0 radical (unpaired) electrons. The molecule has 0 aromatic rings. The Bertz CT molecular complexity index is 1770. The van der Waals surface area contributed by atoms with Gasteiger partial charge in [-0.3, -0.25) is 0 Å². The number of aliphatic hydroxyl groups excluding tert-OH is 13. The molecule has 0 bridgehead atoms. The smallest absolute Gasteiger partial charge is 0.187 e. The molecule has 4 saturated heterocycles. The van der Waals surface area contributed by atoms with Crippen molar-refractivity contribution in [3.05, 3.63) is 11.6 Å². The van der Waals surface area contributed by atoms with Gasteiger partial charge in [-0.15, -0.1) is 0 Å². The number of allylic oxidation sites excluding steroid dienone is 1. The van der Waals surface area contributed by atoms with E-state index in [1.54, 1.807) is 0 Å². The minimum absolute atomic E-state index is 0.0373. The molecule has 12 unspecified atom stereocenters. The highest BCUT2D eigenvalue weighted by molar-refractivity contribution is 5.25. The first-order chi connectivity index (χ1) is 34.2. The van der Waals surface area contributed by atoms with Gasteiger partial charge >= 0.3 is 0 Å². The normalized spacial score (nSPS) is 51.3. The van der Waals surface area contributed by atoms with E-state index in [9.17, 15) is 66.4 Å². The first-order valence-corrected chi connectivity index (χ1v) is 26.7.